The third-order valence-corrected chi connectivity index (χ3v) is 4.40. The van der Waals surface area contributed by atoms with Crippen LogP contribution in [0.25, 0.3) is 0 Å². The first-order valence-corrected chi connectivity index (χ1v) is 7.74. The smallest absolute Gasteiger partial charge is 0.244 e. The fourth-order valence-electron chi connectivity index (χ4n) is 1.43. The summed E-state index contributed by atoms with van der Waals surface area (Å²) in [6.45, 7) is 2.96. The number of methoxy groups -OCH3 is 1. The van der Waals surface area contributed by atoms with Gasteiger partial charge in [-0.15, -0.1) is 0 Å². The molecular formula is C12H22N4O3S. The zero-order valence-corrected chi connectivity index (χ0v) is 12.9. The lowest BCUT2D eigenvalue weighted by atomic mass is 10.4. The molecule has 0 atom stereocenters. The highest BCUT2D eigenvalue weighted by Gasteiger charge is 2.17. The van der Waals surface area contributed by atoms with Crippen molar-refractivity contribution in [3.05, 3.63) is 18.3 Å². The summed E-state index contributed by atoms with van der Waals surface area (Å²) >= 11 is 0. The molecule has 1 aromatic heterocycles. The van der Waals surface area contributed by atoms with Crippen molar-refractivity contribution in [2.24, 2.45) is 0 Å². The predicted octanol–water partition coefficient (Wildman–Crippen LogP) is -0.0202. The van der Waals surface area contributed by atoms with Crippen molar-refractivity contribution < 1.29 is 13.2 Å². The molecule has 0 radical (unpaired) electrons. The van der Waals surface area contributed by atoms with Crippen LogP contribution in [0.1, 0.15) is 0 Å². The van der Waals surface area contributed by atoms with Crippen LogP contribution >= 0.6 is 0 Å². The van der Waals surface area contributed by atoms with E-state index in [9.17, 15) is 8.42 Å². The molecule has 1 rings (SSSR count). The second-order valence-electron chi connectivity index (χ2n) is 4.34. The second-order valence-corrected chi connectivity index (χ2v) is 6.49. The number of nitrogens with one attached hydrogen (secondary N) is 2. The fourth-order valence-corrected chi connectivity index (χ4v) is 2.27. The maximum absolute atomic E-state index is 11.8. The van der Waals surface area contributed by atoms with Crippen LogP contribution in [-0.2, 0) is 14.8 Å². The molecule has 0 aromatic carbocycles. The van der Waals surface area contributed by atoms with Crippen molar-refractivity contribution in [2.75, 3.05) is 52.8 Å². The summed E-state index contributed by atoms with van der Waals surface area (Å²) in [5.41, 5.74) is 0. The number of aromatic nitrogens is 1. The first-order chi connectivity index (χ1) is 9.48. The van der Waals surface area contributed by atoms with Gasteiger partial charge >= 0.3 is 0 Å². The molecule has 0 amide bonds. The number of nitrogens with zero attached hydrogens (tertiary/aromatic N) is 2. The first kappa shape index (κ1) is 16.8. The topological polar surface area (TPSA) is 83.6 Å². The van der Waals surface area contributed by atoms with E-state index < -0.39 is 10.0 Å². The predicted molar refractivity (Wildman–Crippen MR) is 78.3 cm³/mol. The number of pyridine rings is 1. The van der Waals surface area contributed by atoms with E-state index in [1.807, 2.05) is 0 Å². The monoisotopic (exact) mass is 302 g/mol. The Balaban J connectivity index is 2.44. The van der Waals surface area contributed by atoms with E-state index in [0.717, 1.165) is 17.4 Å². The van der Waals surface area contributed by atoms with Gasteiger partial charge in [-0.3, -0.25) is 0 Å². The van der Waals surface area contributed by atoms with Gasteiger partial charge in [-0.05, 0) is 12.1 Å². The Morgan fingerprint density at radius 2 is 2.00 bits per heavy atom. The number of anilines is 1. The van der Waals surface area contributed by atoms with E-state index in [1.165, 1.54) is 20.3 Å². The van der Waals surface area contributed by atoms with Crippen LogP contribution in [-0.4, -0.2) is 65.2 Å². The molecule has 0 bridgehead atoms. The molecule has 0 saturated carbocycles. The minimum atomic E-state index is -3.41. The summed E-state index contributed by atoms with van der Waals surface area (Å²) < 4.78 is 29.8. The van der Waals surface area contributed by atoms with E-state index >= 15 is 0 Å². The lowest BCUT2D eigenvalue weighted by molar-refractivity contribution is 0.200. The van der Waals surface area contributed by atoms with Gasteiger partial charge in [0.15, 0.2) is 0 Å². The molecule has 7 nitrogen and oxygen atoms in total. The van der Waals surface area contributed by atoms with Crippen LogP contribution in [0, 0.1) is 0 Å². The average molecular weight is 302 g/mol. The van der Waals surface area contributed by atoms with Gasteiger partial charge in [0.25, 0.3) is 0 Å². The number of sulfonamides is 1. The SMILES string of the molecule is COCCNCCNc1ccc(S(=O)(=O)N(C)C)cn1. The van der Waals surface area contributed by atoms with Gasteiger partial charge in [-0.25, -0.2) is 17.7 Å². The van der Waals surface area contributed by atoms with Crippen molar-refractivity contribution in [3.8, 4) is 0 Å². The molecule has 114 valence electrons. The highest BCUT2D eigenvalue weighted by Crippen LogP contribution is 2.13. The van der Waals surface area contributed by atoms with E-state index in [4.69, 9.17) is 4.74 Å². The van der Waals surface area contributed by atoms with Crippen LogP contribution in [0.5, 0.6) is 0 Å². The molecule has 0 spiro atoms. The molecular weight excluding hydrogens is 280 g/mol. The van der Waals surface area contributed by atoms with Gasteiger partial charge in [0.05, 0.1) is 6.61 Å². The Morgan fingerprint density at radius 3 is 2.55 bits per heavy atom. The molecule has 1 heterocycles. The molecule has 2 N–H and O–H groups in total. The van der Waals surface area contributed by atoms with Crippen LogP contribution in [0.4, 0.5) is 5.82 Å². The lowest BCUT2D eigenvalue weighted by Gasteiger charge is -2.11. The molecule has 1 aromatic rings. The first-order valence-electron chi connectivity index (χ1n) is 6.30. The van der Waals surface area contributed by atoms with Crippen molar-refractivity contribution in [2.45, 2.75) is 4.90 Å². The van der Waals surface area contributed by atoms with Gasteiger partial charge < -0.3 is 15.4 Å². The summed E-state index contributed by atoms with van der Waals surface area (Å²) in [4.78, 5) is 4.28. The minimum absolute atomic E-state index is 0.186. The van der Waals surface area contributed by atoms with Crippen LogP contribution < -0.4 is 10.6 Å². The zero-order valence-electron chi connectivity index (χ0n) is 12.1. The molecule has 0 aliphatic heterocycles. The number of hydrogen-bond acceptors (Lipinski definition) is 6. The van der Waals surface area contributed by atoms with E-state index in [1.54, 1.807) is 19.2 Å². The highest BCUT2D eigenvalue weighted by atomic mass is 32.2. The third-order valence-electron chi connectivity index (χ3n) is 2.61. The zero-order chi connectivity index (χ0) is 15.0. The van der Waals surface area contributed by atoms with Crippen LogP contribution in [0.3, 0.4) is 0 Å². The maximum atomic E-state index is 11.8. The van der Waals surface area contributed by atoms with Gasteiger partial charge in [0.1, 0.15) is 10.7 Å². The number of hydrogen-bond donors (Lipinski definition) is 2. The fraction of sp³-hybridized carbons (Fsp3) is 0.583. The Hall–Kier alpha value is -1.22. The standard InChI is InChI=1S/C12H22N4O3S/c1-16(2)20(17,18)11-4-5-12(15-10-11)14-7-6-13-8-9-19-3/h4-5,10,13H,6-9H2,1-3H3,(H,14,15). The summed E-state index contributed by atoms with van der Waals surface area (Å²) in [6.07, 6.45) is 1.36. The number of ether oxygens (including phenoxy) is 1. The Kier molecular flexibility index (Phi) is 6.86. The Bertz CT molecular complexity index is 488. The molecule has 0 aliphatic rings. The normalized spacial score (nSPS) is 11.8. The lowest BCUT2D eigenvalue weighted by Crippen LogP contribution is -2.25. The molecule has 0 fully saturated rings. The van der Waals surface area contributed by atoms with Gasteiger partial charge in [0, 0.05) is 47.0 Å². The van der Waals surface area contributed by atoms with Crippen molar-refractivity contribution >= 4 is 15.8 Å². The summed E-state index contributed by atoms with van der Waals surface area (Å²) in [5.74, 6) is 0.649. The average Bonchev–Trinajstić information content (AvgIpc) is 2.43. The quantitative estimate of drug-likeness (QED) is 0.624. The van der Waals surface area contributed by atoms with Crippen LogP contribution in [0.2, 0.25) is 0 Å². The minimum Gasteiger partial charge on any atom is -0.383 e. The Labute approximate surface area is 120 Å². The number of rotatable bonds is 9. The van der Waals surface area contributed by atoms with E-state index in [0.29, 0.717) is 19.0 Å². The van der Waals surface area contributed by atoms with Crippen molar-refractivity contribution in [3.63, 3.8) is 0 Å². The Morgan fingerprint density at radius 1 is 1.25 bits per heavy atom. The van der Waals surface area contributed by atoms with Gasteiger partial charge in [-0.2, -0.15) is 0 Å². The molecule has 20 heavy (non-hydrogen) atoms. The third kappa shape index (κ3) is 5.04. The van der Waals surface area contributed by atoms with Gasteiger partial charge in [0.2, 0.25) is 10.0 Å². The van der Waals surface area contributed by atoms with E-state index in [-0.39, 0.29) is 4.90 Å². The second kappa shape index (κ2) is 8.15. The van der Waals surface area contributed by atoms with E-state index in [2.05, 4.69) is 15.6 Å². The highest BCUT2D eigenvalue weighted by molar-refractivity contribution is 7.89. The molecule has 0 aliphatic carbocycles. The summed E-state index contributed by atoms with van der Waals surface area (Å²) in [5, 5.41) is 6.30. The van der Waals surface area contributed by atoms with Gasteiger partial charge in [-0.1, -0.05) is 0 Å². The van der Waals surface area contributed by atoms with Crippen LogP contribution in [0.15, 0.2) is 23.2 Å². The molecule has 0 saturated heterocycles. The van der Waals surface area contributed by atoms with Crippen molar-refractivity contribution in [1.82, 2.24) is 14.6 Å². The molecule has 8 heteroatoms. The summed E-state index contributed by atoms with van der Waals surface area (Å²) in [6, 6.07) is 3.20. The van der Waals surface area contributed by atoms with Crippen molar-refractivity contribution in [1.29, 1.82) is 0 Å². The maximum Gasteiger partial charge on any atom is 0.244 e. The molecule has 0 unspecified atom stereocenters. The largest absolute Gasteiger partial charge is 0.383 e. The summed E-state index contributed by atoms with van der Waals surface area (Å²) in [7, 11) is 1.23.